The van der Waals surface area contributed by atoms with Crippen LogP contribution < -0.4 is 0 Å². The van der Waals surface area contributed by atoms with E-state index in [1.165, 1.54) is 0 Å². The van der Waals surface area contributed by atoms with E-state index in [4.69, 9.17) is 18.8 Å². The molecule has 0 saturated carbocycles. The van der Waals surface area contributed by atoms with Crippen molar-refractivity contribution in [2.45, 2.75) is 52.4 Å². The molecule has 4 aromatic rings. The van der Waals surface area contributed by atoms with Crippen LogP contribution in [-0.2, 0) is 10.8 Å². The summed E-state index contributed by atoms with van der Waals surface area (Å²) in [6.45, 7) is 12.6. The number of hydrogen-bond acceptors (Lipinski definition) is 4. The molecule has 4 heteroatoms. The molecule has 0 bridgehead atoms. The van der Waals surface area contributed by atoms with E-state index in [-0.39, 0.29) is 10.8 Å². The van der Waals surface area contributed by atoms with E-state index in [9.17, 15) is 0 Å². The lowest BCUT2D eigenvalue weighted by atomic mass is 9.97. The maximum Gasteiger partial charge on any atom is 0.200 e. The van der Waals surface area contributed by atoms with Crippen molar-refractivity contribution in [3.05, 3.63) is 36.0 Å². The highest BCUT2D eigenvalue weighted by molar-refractivity contribution is 6.15. The minimum atomic E-state index is -0.139. The fourth-order valence-electron chi connectivity index (χ4n) is 2.83. The molecule has 0 aliphatic carbocycles. The Morgan fingerprint density at radius 2 is 1.08 bits per heavy atom. The average Bonchev–Trinajstić information content (AvgIpc) is 3.09. The zero-order valence-corrected chi connectivity index (χ0v) is 15.0. The van der Waals surface area contributed by atoms with Crippen LogP contribution in [0.4, 0.5) is 0 Å². The molecule has 0 saturated heterocycles. The van der Waals surface area contributed by atoms with E-state index in [2.05, 4.69) is 53.7 Å². The van der Waals surface area contributed by atoms with Gasteiger partial charge in [-0.25, -0.2) is 9.97 Å². The maximum absolute atomic E-state index is 5.99. The SMILES string of the molecule is CC(C)(C)c1nc2c(ccc3ccc4oc(C(C)(C)C)nc4c32)o1. The van der Waals surface area contributed by atoms with Crippen molar-refractivity contribution < 1.29 is 8.83 Å². The van der Waals surface area contributed by atoms with Gasteiger partial charge in [-0.2, -0.15) is 0 Å². The molecule has 0 amide bonds. The van der Waals surface area contributed by atoms with Gasteiger partial charge in [0.1, 0.15) is 11.0 Å². The highest BCUT2D eigenvalue weighted by Crippen LogP contribution is 2.36. The predicted molar refractivity (Wildman–Crippen MR) is 96.5 cm³/mol. The normalized spacial score (nSPS) is 13.4. The Balaban J connectivity index is 2.13. The Morgan fingerprint density at radius 3 is 1.46 bits per heavy atom. The van der Waals surface area contributed by atoms with Crippen LogP contribution in [0, 0.1) is 0 Å². The lowest BCUT2D eigenvalue weighted by Gasteiger charge is -2.11. The van der Waals surface area contributed by atoms with Crippen LogP contribution in [0.5, 0.6) is 0 Å². The van der Waals surface area contributed by atoms with Crippen LogP contribution in [0.15, 0.2) is 33.1 Å². The molecule has 2 heterocycles. The minimum Gasteiger partial charge on any atom is -0.440 e. The van der Waals surface area contributed by atoms with E-state index in [0.29, 0.717) is 0 Å². The fraction of sp³-hybridized carbons (Fsp3) is 0.400. The van der Waals surface area contributed by atoms with Crippen LogP contribution in [0.2, 0.25) is 0 Å². The van der Waals surface area contributed by atoms with E-state index in [1.807, 2.05) is 12.1 Å². The number of benzene rings is 2. The largest absolute Gasteiger partial charge is 0.440 e. The number of hydrogen-bond donors (Lipinski definition) is 0. The Bertz CT molecular complexity index is 989. The first kappa shape index (κ1) is 15.2. The molecular weight excluding hydrogens is 300 g/mol. The summed E-state index contributed by atoms with van der Waals surface area (Å²) in [4.78, 5) is 9.57. The van der Waals surface area contributed by atoms with Crippen LogP contribution in [0.3, 0.4) is 0 Å². The first-order valence-electron chi connectivity index (χ1n) is 8.28. The molecule has 0 radical (unpaired) electrons. The summed E-state index contributed by atoms with van der Waals surface area (Å²) in [5.41, 5.74) is 3.02. The second-order valence-corrected chi connectivity index (χ2v) is 8.46. The van der Waals surface area contributed by atoms with Gasteiger partial charge in [0.05, 0.1) is 0 Å². The molecule has 4 rings (SSSR count). The van der Waals surface area contributed by atoms with Crippen molar-refractivity contribution in [2.75, 3.05) is 0 Å². The fourth-order valence-corrected chi connectivity index (χ4v) is 2.83. The molecule has 0 aliphatic rings. The first-order valence-corrected chi connectivity index (χ1v) is 8.28. The second kappa shape index (κ2) is 4.59. The number of aromatic nitrogens is 2. The monoisotopic (exact) mass is 322 g/mol. The molecule has 124 valence electrons. The Labute approximate surface area is 140 Å². The molecule has 2 aromatic carbocycles. The highest BCUT2D eigenvalue weighted by atomic mass is 16.4. The third-order valence-electron chi connectivity index (χ3n) is 4.18. The summed E-state index contributed by atoms with van der Waals surface area (Å²) in [6.07, 6.45) is 0. The van der Waals surface area contributed by atoms with Gasteiger partial charge >= 0.3 is 0 Å². The quantitative estimate of drug-likeness (QED) is 0.415. The Kier molecular flexibility index (Phi) is 2.91. The zero-order valence-electron chi connectivity index (χ0n) is 15.0. The van der Waals surface area contributed by atoms with Crippen LogP contribution >= 0.6 is 0 Å². The number of rotatable bonds is 0. The zero-order chi connectivity index (χ0) is 17.3. The van der Waals surface area contributed by atoms with Gasteiger partial charge in [0.2, 0.25) is 11.8 Å². The molecule has 2 aromatic heterocycles. The van der Waals surface area contributed by atoms with E-state index in [1.54, 1.807) is 0 Å². The van der Waals surface area contributed by atoms with Crippen molar-refractivity contribution in [3.8, 4) is 0 Å². The number of oxazole rings is 2. The van der Waals surface area contributed by atoms with E-state index < -0.39 is 0 Å². The van der Waals surface area contributed by atoms with Crippen LogP contribution in [0.1, 0.15) is 53.3 Å². The second-order valence-electron chi connectivity index (χ2n) is 8.46. The van der Waals surface area contributed by atoms with Crippen LogP contribution in [0.25, 0.3) is 33.0 Å². The van der Waals surface area contributed by atoms with E-state index >= 15 is 0 Å². The summed E-state index contributed by atoms with van der Waals surface area (Å²) < 4.78 is 12.0. The summed E-state index contributed by atoms with van der Waals surface area (Å²) >= 11 is 0. The maximum atomic E-state index is 5.99. The summed E-state index contributed by atoms with van der Waals surface area (Å²) in [5.74, 6) is 1.48. The van der Waals surface area contributed by atoms with Crippen molar-refractivity contribution >= 4 is 33.0 Å². The smallest absolute Gasteiger partial charge is 0.200 e. The molecular formula is C20H22N2O2. The standard InChI is InChI=1S/C20H22N2O2/c1-19(2,3)17-21-15-12(23-17)9-7-11-8-10-13-16(14(11)15)22-18(24-13)20(4,5)6/h7-10H,1-6H3. The van der Waals surface area contributed by atoms with Gasteiger partial charge in [0.15, 0.2) is 11.2 Å². The van der Waals surface area contributed by atoms with Crippen molar-refractivity contribution in [2.24, 2.45) is 0 Å². The summed E-state index contributed by atoms with van der Waals surface area (Å²) in [6, 6.07) is 8.08. The highest BCUT2D eigenvalue weighted by Gasteiger charge is 2.25. The van der Waals surface area contributed by atoms with Crippen molar-refractivity contribution in [1.29, 1.82) is 0 Å². The van der Waals surface area contributed by atoms with Gasteiger partial charge in [-0.15, -0.1) is 0 Å². The molecule has 0 spiro atoms. The van der Waals surface area contributed by atoms with Crippen LogP contribution in [-0.4, -0.2) is 9.97 Å². The minimum absolute atomic E-state index is 0.139. The summed E-state index contributed by atoms with van der Waals surface area (Å²) in [7, 11) is 0. The Hall–Kier alpha value is -2.36. The lowest BCUT2D eigenvalue weighted by molar-refractivity contribution is 0.411. The molecule has 0 atom stereocenters. The molecule has 0 fully saturated rings. The van der Waals surface area contributed by atoms with Crippen molar-refractivity contribution in [1.82, 2.24) is 9.97 Å². The third kappa shape index (κ3) is 2.20. The van der Waals surface area contributed by atoms with Gasteiger partial charge in [0.25, 0.3) is 0 Å². The van der Waals surface area contributed by atoms with Crippen molar-refractivity contribution in [3.63, 3.8) is 0 Å². The van der Waals surface area contributed by atoms with Gasteiger partial charge in [-0.05, 0) is 17.5 Å². The molecule has 4 nitrogen and oxygen atoms in total. The van der Waals surface area contributed by atoms with Gasteiger partial charge in [-0.1, -0.05) is 53.7 Å². The summed E-state index contributed by atoms with van der Waals surface area (Å²) in [5, 5.41) is 2.10. The topological polar surface area (TPSA) is 52.1 Å². The molecule has 0 N–H and O–H groups in total. The molecule has 0 aliphatic heterocycles. The van der Waals surface area contributed by atoms with Gasteiger partial charge in [0, 0.05) is 16.2 Å². The van der Waals surface area contributed by atoms with Gasteiger partial charge in [-0.3, -0.25) is 0 Å². The van der Waals surface area contributed by atoms with Gasteiger partial charge < -0.3 is 8.83 Å². The first-order chi connectivity index (χ1) is 11.1. The number of nitrogens with zero attached hydrogens (tertiary/aromatic N) is 2. The average molecular weight is 322 g/mol. The lowest BCUT2D eigenvalue weighted by Crippen LogP contribution is -2.11. The number of fused-ring (bicyclic) bond motifs is 5. The molecule has 24 heavy (non-hydrogen) atoms. The molecule has 0 unspecified atom stereocenters. The predicted octanol–water partition coefficient (Wildman–Crippen LogP) is 5.72. The Morgan fingerprint density at radius 1 is 0.667 bits per heavy atom. The third-order valence-corrected chi connectivity index (χ3v) is 4.18. The van der Waals surface area contributed by atoms with E-state index in [0.717, 1.165) is 44.8 Å².